The van der Waals surface area contributed by atoms with Crippen LogP contribution in [0.1, 0.15) is 43.0 Å². The van der Waals surface area contributed by atoms with Gasteiger partial charge in [0.2, 0.25) is 5.91 Å². The van der Waals surface area contributed by atoms with Crippen LogP contribution in [0.2, 0.25) is 0 Å². The first-order chi connectivity index (χ1) is 15.3. The van der Waals surface area contributed by atoms with Crippen molar-refractivity contribution in [3.63, 3.8) is 0 Å². The lowest BCUT2D eigenvalue weighted by Crippen LogP contribution is -2.63. The number of benzene rings is 1. The van der Waals surface area contributed by atoms with Crippen molar-refractivity contribution in [1.82, 2.24) is 9.80 Å². The number of hydrogen-bond acceptors (Lipinski definition) is 6. The van der Waals surface area contributed by atoms with Gasteiger partial charge in [-0.2, -0.15) is 4.99 Å². The van der Waals surface area contributed by atoms with Crippen molar-refractivity contribution in [2.45, 2.75) is 43.7 Å². The number of methoxy groups -OCH3 is 1. The molecule has 8 nitrogen and oxygen atoms in total. The summed E-state index contributed by atoms with van der Waals surface area (Å²) in [5.41, 5.74) is -1.09. The quantitative estimate of drug-likeness (QED) is 0.709. The van der Waals surface area contributed by atoms with Crippen molar-refractivity contribution < 1.29 is 23.9 Å². The third kappa shape index (κ3) is 3.21. The number of amides is 2. The van der Waals surface area contributed by atoms with Gasteiger partial charge < -0.3 is 19.3 Å². The van der Waals surface area contributed by atoms with Crippen molar-refractivity contribution in [2.75, 3.05) is 20.2 Å². The van der Waals surface area contributed by atoms with Gasteiger partial charge in [0.05, 0.1) is 25.5 Å². The first-order valence-corrected chi connectivity index (χ1v) is 10.8. The van der Waals surface area contributed by atoms with Gasteiger partial charge in [-0.15, -0.1) is 0 Å². The average molecular weight is 435 g/mol. The normalized spacial score (nSPS) is 25.8. The van der Waals surface area contributed by atoms with E-state index in [1.807, 2.05) is 6.08 Å². The lowest BCUT2D eigenvalue weighted by molar-refractivity contribution is -0.147. The summed E-state index contributed by atoms with van der Waals surface area (Å²) in [6.07, 6.45) is 8.58. The van der Waals surface area contributed by atoms with E-state index in [-0.39, 0.29) is 30.4 Å². The number of carbonyl (C=O) groups excluding carboxylic acids is 3. The van der Waals surface area contributed by atoms with Gasteiger partial charge in [-0.25, -0.2) is 0 Å². The third-order valence-electron chi connectivity index (χ3n) is 6.82. The number of ether oxygens (including phenoxy) is 2. The number of Topliss-reactive ketones (excluding diaryl/α,β-unsaturated/α-hetero) is 1. The molecular weight excluding hydrogens is 410 g/mol. The van der Waals surface area contributed by atoms with Crippen LogP contribution in [-0.2, 0) is 9.59 Å². The van der Waals surface area contributed by atoms with Crippen LogP contribution >= 0.6 is 0 Å². The van der Waals surface area contributed by atoms with E-state index in [1.54, 1.807) is 60.4 Å². The minimum Gasteiger partial charge on any atom is -0.497 e. The minimum atomic E-state index is -1.02. The highest BCUT2D eigenvalue weighted by Crippen LogP contribution is 2.41. The first-order valence-electron chi connectivity index (χ1n) is 10.8. The van der Waals surface area contributed by atoms with Gasteiger partial charge in [-0.3, -0.25) is 14.4 Å². The van der Waals surface area contributed by atoms with Gasteiger partial charge in [0.25, 0.3) is 5.91 Å². The van der Waals surface area contributed by atoms with E-state index in [9.17, 15) is 14.4 Å². The Balaban J connectivity index is 1.32. The maximum Gasteiger partial charge on any atom is 0.250 e. The van der Waals surface area contributed by atoms with Crippen LogP contribution in [0.15, 0.2) is 47.6 Å². The number of rotatable bonds is 2. The molecule has 1 unspecified atom stereocenters. The Bertz CT molecular complexity index is 1100. The second kappa shape index (κ2) is 7.32. The Labute approximate surface area is 186 Å². The van der Waals surface area contributed by atoms with E-state index in [2.05, 4.69) is 4.99 Å². The summed E-state index contributed by atoms with van der Waals surface area (Å²) in [4.78, 5) is 46.3. The Kier molecular flexibility index (Phi) is 4.69. The molecule has 32 heavy (non-hydrogen) atoms. The molecule has 0 aliphatic carbocycles. The number of piperidine rings is 1. The molecule has 1 fully saturated rings. The van der Waals surface area contributed by atoms with Crippen LogP contribution in [0.25, 0.3) is 0 Å². The van der Waals surface area contributed by atoms with E-state index >= 15 is 0 Å². The molecule has 4 heterocycles. The molecule has 0 N–H and O–H groups in total. The summed E-state index contributed by atoms with van der Waals surface area (Å²) in [5, 5.41) is 0. The summed E-state index contributed by atoms with van der Waals surface area (Å²) in [5.74, 6) is 1.30. The molecule has 0 bridgehead atoms. The number of amidine groups is 1. The fourth-order valence-corrected chi connectivity index (χ4v) is 5.01. The smallest absolute Gasteiger partial charge is 0.250 e. The highest BCUT2D eigenvalue weighted by molar-refractivity contribution is 6.09. The fraction of sp³-hybridized carbons (Fsp3) is 0.417. The van der Waals surface area contributed by atoms with E-state index in [0.29, 0.717) is 48.8 Å². The molecule has 0 aromatic heterocycles. The monoisotopic (exact) mass is 435 g/mol. The zero-order valence-electron chi connectivity index (χ0n) is 18.2. The Morgan fingerprint density at radius 3 is 2.69 bits per heavy atom. The molecule has 1 aromatic carbocycles. The van der Waals surface area contributed by atoms with Gasteiger partial charge in [-0.05, 0) is 37.3 Å². The molecule has 8 heteroatoms. The molecule has 1 saturated heterocycles. The predicted molar refractivity (Wildman–Crippen MR) is 117 cm³/mol. The van der Waals surface area contributed by atoms with Crippen LogP contribution < -0.4 is 9.47 Å². The number of hydrogen-bond donors (Lipinski definition) is 0. The molecule has 0 saturated carbocycles. The lowest BCUT2D eigenvalue weighted by Gasteiger charge is -2.48. The lowest BCUT2D eigenvalue weighted by atomic mass is 9.81. The SMILES string of the molecule is COc1ccc2c(c1)C(=O)CC1(CCN(C(=O)C3(C)CC(=O)N=C4C=CC=CN43)CC1)O2. The van der Waals surface area contributed by atoms with Crippen LogP contribution in [-0.4, -0.2) is 64.6 Å². The van der Waals surface area contributed by atoms with Gasteiger partial charge in [-0.1, -0.05) is 6.08 Å². The molecule has 4 aliphatic heterocycles. The molecule has 4 aliphatic rings. The standard InChI is InChI=1S/C24H25N3O5/c1-23(15-21(29)25-20-5-3-4-10-27(20)23)22(30)26-11-8-24(9-12-26)14-18(28)17-13-16(31-2)6-7-19(17)32-24/h3-7,10,13H,8-9,11-12,14-15H2,1-2H3. The van der Waals surface area contributed by atoms with Crippen LogP contribution in [0.3, 0.4) is 0 Å². The summed E-state index contributed by atoms with van der Waals surface area (Å²) < 4.78 is 11.5. The molecule has 5 rings (SSSR count). The number of nitrogens with zero attached hydrogens (tertiary/aromatic N) is 3. The van der Waals surface area contributed by atoms with Crippen molar-refractivity contribution in [2.24, 2.45) is 4.99 Å². The Morgan fingerprint density at radius 1 is 1.16 bits per heavy atom. The minimum absolute atomic E-state index is 0.0271. The molecule has 166 valence electrons. The van der Waals surface area contributed by atoms with Gasteiger partial charge in [0, 0.05) is 32.1 Å². The molecule has 0 radical (unpaired) electrons. The zero-order valence-corrected chi connectivity index (χ0v) is 18.2. The second-order valence-electron chi connectivity index (χ2n) is 8.92. The Hall–Kier alpha value is -3.42. The fourth-order valence-electron chi connectivity index (χ4n) is 5.01. The molecule has 1 atom stereocenters. The molecule has 1 aromatic rings. The highest BCUT2D eigenvalue weighted by atomic mass is 16.5. The summed E-state index contributed by atoms with van der Waals surface area (Å²) in [6, 6.07) is 5.27. The van der Waals surface area contributed by atoms with E-state index in [0.717, 1.165) is 0 Å². The second-order valence-corrected chi connectivity index (χ2v) is 8.92. The maximum atomic E-state index is 13.6. The van der Waals surface area contributed by atoms with E-state index in [1.165, 1.54) is 0 Å². The van der Waals surface area contributed by atoms with Gasteiger partial charge in [0.15, 0.2) is 5.78 Å². The van der Waals surface area contributed by atoms with E-state index < -0.39 is 11.1 Å². The van der Waals surface area contributed by atoms with Crippen LogP contribution in [0.5, 0.6) is 11.5 Å². The first kappa shape index (κ1) is 20.5. The van der Waals surface area contributed by atoms with Gasteiger partial charge >= 0.3 is 0 Å². The molecular formula is C24H25N3O5. The Morgan fingerprint density at radius 2 is 1.94 bits per heavy atom. The predicted octanol–water partition coefficient (Wildman–Crippen LogP) is 2.49. The van der Waals surface area contributed by atoms with E-state index in [4.69, 9.17) is 9.47 Å². The van der Waals surface area contributed by atoms with Crippen LogP contribution in [0.4, 0.5) is 0 Å². The maximum absolute atomic E-state index is 13.6. The third-order valence-corrected chi connectivity index (χ3v) is 6.82. The molecule has 2 amide bonds. The number of fused-ring (bicyclic) bond motifs is 2. The average Bonchev–Trinajstić information content (AvgIpc) is 2.79. The van der Waals surface area contributed by atoms with Crippen LogP contribution in [0, 0.1) is 0 Å². The summed E-state index contributed by atoms with van der Waals surface area (Å²) in [6.45, 7) is 2.71. The highest BCUT2D eigenvalue weighted by Gasteiger charge is 2.50. The number of ketones is 1. The van der Waals surface area contributed by atoms with Crippen molar-refractivity contribution in [3.05, 3.63) is 48.2 Å². The van der Waals surface area contributed by atoms with Gasteiger partial charge in [0.1, 0.15) is 28.5 Å². The van der Waals surface area contributed by atoms with Crippen molar-refractivity contribution in [1.29, 1.82) is 0 Å². The topological polar surface area (TPSA) is 88.5 Å². The van der Waals surface area contributed by atoms with Crippen molar-refractivity contribution >= 4 is 23.4 Å². The molecule has 1 spiro atoms. The number of allylic oxidation sites excluding steroid dienone is 2. The number of aliphatic imine (C=N–C) groups is 1. The summed E-state index contributed by atoms with van der Waals surface area (Å²) in [7, 11) is 1.56. The zero-order chi connectivity index (χ0) is 22.5. The largest absolute Gasteiger partial charge is 0.497 e. The number of likely N-dealkylation sites (tertiary alicyclic amines) is 1. The number of carbonyl (C=O) groups is 3. The summed E-state index contributed by atoms with van der Waals surface area (Å²) >= 11 is 0. The van der Waals surface area contributed by atoms with Crippen molar-refractivity contribution in [3.8, 4) is 11.5 Å².